The molecule has 0 saturated heterocycles. The zero-order valence-electron chi connectivity index (χ0n) is 13.3. The van der Waals surface area contributed by atoms with Gasteiger partial charge in [0.15, 0.2) is 5.82 Å². The van der Waals surface area contributed by atoms with Gasteiger partial charge in [-0.15, -0.1) is 5.10 Å². The Labute approximate surface area is 156 Å². The lowest BCUT2D eigenvalue weighted by Crippen LogP contribution is -1.84. The fourth-order valence-electron chi connectivity index (χ4n) is 2.41. The molecule has 3 heterocycles. The van der Waals surface area contributed by atoms with Crippen molar-refractivity contribution in [3.05, 3.63) is 59.0 Å². The van der Waals surface area contributed by atoms with E-state index in [1.165, 1.54) is 0 Å². The van der Waals surface area contributed by atoms with Crippen molar-refractivity contribution in [3.8, 4) is 17.1 Å². The maximum Gasteiger partial charge on any atom is 0.209 e. The lowest BCUT2D eigenvalue weighted by atomic mass is 10.2. The first-order valence-corrected chi connectivity index (χ1v) is 9.32. The number of rotatable bonds is 5. The first kappa shape index (κ1) is 16.2. The average molecular weight is 416 g/mol. The number of hydrogen-bond acceptors (Lipinski definition) is 5. The lowest BCUT2D eigenvalue weighted by molar-refractivity contribution is 0.415. The molecule has 0 unspecified atom stereocenters. The highest BCUT2D eigenvalue weighted by molar-refractivity contribution is 9.10. The zero-order valence-corrected chi connectivity index (χ0v) is 15.7. The maximum absolute atomic E-state index is 5.17. The molecule has 0 fully saturated rings. The topological polar surface area (TPSA) is 68.1 Å². The van der Waals surface area contributed by atoms with Crippen molar-refractivity contribution >= 4 is 33.3 Å². The molecule has 126 valence electrons. The maximum atomic E-state index is 5.17. The Morgan fingerprint density at radius 3 is 2.76 bits per heavy atom. The molecule has 0 bridgehead atoms. The number of imidazole rings is 1. The molecule has 0 aliphatic rings. The van der Waals surface area contributed by atoms with Gasteiger partial charge in [-0.1, -0.05) is 11.8 Å². The van der Waals surface area contributed by atoms with Crippen LogP contribution in [-0.2, 0) is 5.75 Å². The Morgan fingerprint density at radius 1 is 1.12 bits per heavy atom. The van der Waals surface area contributed by atoms with Crippen LogP contribution in [0.25, 0.3) is 17.0 Å². The van der Waals surface area contributed by atoms with Gasteiger partial charge < -0.3 is 9.14 Å². The Hall–Kier alpha value is -2.32. The van der Waals surface area contributed by atoms with Crippen LogP contribution >= 0.6 is 27.7 Å². The second kappa shape index (κ2) is 6.89. The minimum Gasteiger partial charge on any atom is -0.497 e. The SMILES string of the molecule is COc1ccc(-c2nc(SCc3cn4cc(Br)ccc4n3)n[nH]2)cc1. The Kier molecular flexibility index (Phi) is 4.46. The number of nitrogens with zero attached hydrogens (tertiary/aromatic N) is 4. The van der Waals surface area contributed by atoms with Crippen LogP contribution in [0.3, 0.4) is 0 Å². The molecule has 4 rings (SSSR count). The number of fused-ring (bicyclic) bond motifs is 1. The number of hydrogen-bond donors (Lipinski definition) is 1. The summed E-state index contributed by atoms with van der Waals surface area (Å²) in [5, 5.41) is 7.95. The van der Waals surface area contributed by atoms with Crippen molar-refractivity contribution in [1.29, 1.82) is 0 Å². The van der Waals surface area contributed by atoms with E-state index in [2.05, 4.69) is 36.1 Å². The molecule has 0 atom stereocenters. The first-order valence-electron chi connectivity index (χ1n) is 7.54. The smallest absolute Gasteiger partial charge is 0.209 e. The van der Waals surface area contributed by atoms with Crippen molar-refractivity contribution < 1.29 is 4.74 Å². The summed E-state index contributed by atoms with van der Waals surface area (Å²) in [6.45, 7) is 0. The van der Waals surface area contributed by atoms with Gasteiger partial charge >= 0.3 is 0 Å². The molecular weight excluding hydrogens is 402 g/mol. The quantitative estimate of drug-likeness (QED) is 0.495. The van der Waals surface area contributed by atoms with Gasteiger partial charge in [-0.25, -0.2) is 9.97 Å². The monoisotopic (exact) mass is 415 g/mol. The van der Waals surface area contributed by atoms with E-state index in [9.17, 15) is 0 Å². The molecule has 0 aliphatic carbocycles. The summed E-state index contributed by atoms with van der Waals surface area (Å²) in [7, 11) is 1.65. The van der Waals surface area contributed by atoms with E-state index in [4.69, 9.17) is 4.74 Å². The molecular formula is C17H14BrN5OS. The third-order valence-electron chi connectivity index (χ3n) is 3.64. The normalized spacial score (nSPS) is 11.1. The number of benzene rings is 1. The summed E-state index contributed by atoms with van der Waals surface area (Å²) in [5.41, 5.74) is 2.88. The molecule has 8 heteroatoms. The number of halogens is 1. The van der Waals surface area contributed by atoms with Gasteiger partial charge in [0.25, 0.3) is 0 Å². The molecule has 6 nitrogen and oxygen atoms in total. The number of nitrogens with one attached hydrogen (secondary N) is 1. The minimum atomic E-state index is 0.698. The first-order chi connectivity index (χ1) is 12.2. The lowest BCUT2D eigenvalue weighted by Gasteiger charge is -1.99. The number of ether oxygens (including phenoxy) is 1. The van der Waals surface area contributed by atoms with Crippen LogP contribution in [0, 0.1) is 0 Å². The number of thioether (sulfide) groups is 1. The molecule has 1 aromatic carbocycles. The second-order valence-electron chi connectivity index (χ2n) is 5.33. The van der Waals surface area contributed by atoms with Gasteiger partial charge in [-0.05, 0) is 52.3 Å². The summed E-state index contributed by atoms with van der Waals surface area (Å²) in [5.74, 6) is 2.26. The van der Waals surface area contributed by atoms with Gasteiger partial charge in [-0.2, -0.15) is 0 Å². The van der Waals surface area contributed by atoms with E-state index in [0.717, 1.165) is 33.0 Å². The van der Waals surface area contributed by atoms with E-state index in [1.54, 1.807) is 18.9 Å². The van der Waals surface area contributed by atoms with E-state index < -0.39 is 0 Å². The molecule has 0 radical (unpaired) electrons. The van der Waals surface area contributed by atoms with Gasteiger partial charge in [-0.3, -0.25) is 5.10 Å². The fourth-order valence-corrected chi connectivity index (χ4v) is 3.45. The largest absolute Gasteiger partial charge is 0.497 e. The van der Waals surface area contributed by atoms with Crippen LogP contribution in [0.1, 0.15) is 5.69 Å². The highest BCUT2D eigenvalue weighted by Gasteiger charge is 2.08. The van der Waals surface area contributed by atoms with E-state index in [1.807, 2.05) is 53.2 Å². The number of pyridine rings is 1. The van der Waals surface area contributed by atoms with Crippen molar-refractivity contribution in [2.75, 3.05) is 7.11 Å². The molecule has 4 aromatic rings. The predicted octanol–water partition coefficient (Wildman–Crippen LogP) is 4.18. The van der Waals surface area contributed by atoms with Crippen LogP contribution in [0.2, 0.25) is 0 Å². The number of methoxy groups -OCH3 is 1. The summed E-state index contributed by atoms with van der Waals surface area (Å²) in [6, 6.07) is 11.7. The summed E-state index contributed by atoms with van der Waals surface area (Å²) in [6.07, 6.45) is 4.01. The zero-order chi connectivity index (χ0) is 17.2. The molecule has 0 amide bonds. The van der Waals surface area contributed by atoms with Gasteiger partial charge in [0.2, 0.25) is 5.16 Å². The second-order valence-corrected chi connectivity index (χ2v) is 7.19. The van der Waals surface area contributed by atoms with E-state index in [-0.39, 0.29) is 0 Å². The number of aromatic amines is 1. The highest BCUT2D eigenvalue weighted by Crippen LogP contribution is 2.24. The van der Waals surface area contributed by atoms with Crippen LogP contribution in [0.4, 0.5) is 0 Å². The van der Waals surface area contributed by atoms with E-state index in [0.29, 0.717) is 10.9 Å². The Morgan fingerprint density at radius 2 is 1.96 bits per heavy atom. The Bertz CT molecular complexity index is 1010. The molecule has 0 aliphatic heterocycles. The summed E-state index contributed by atoms with van der Waals surface area (Å²) < 4.78 is 8.19. The minimum absolute atomic E-state index is 0.698. The molecule has 0 saturated carbocycles. The standard InChI is InChI=1S/C17H14BrN5OS/c1-24-14-5-2-11(3-6-14)16-20-17(22-21-16)25-10-13-9-23-8-12(18)4-7-15(23)19-13/h2-9H,10H2,1H3,(H,20,21,22). The van der Waals surface area contributed by atoms with Crippen LogP contribution in [0.5, 0.6) is 5.75 Å². The summed E-state index contributed by atoms with van der Waals surface area (Å²) in [4.78, 5) is 9.13. The third-order valence-corrected chi connectivity index (χ3v) is 4.99. The van der Waals surface area contributed by atoms with E-state index >= 15 is 0 Å². The van der Waals surface area contributed by atoms with Crippen LogP contribution < -0.4 is 4.74 Å². The molecule has 3 aromatic heterocycles. The van der Waals surface area contributed by atoms with Gasteiger partial charge in [0.05, 0.1) is 12.8 Å². The van der Waals surface area contributed by atoms with Gasteiger partial charge in [0, 0.05) is 28.2 Å². The third kappa shape index (κ3) is 3.54. The molecule has 25 heavy (non-hydrogen) atoms. The van der Waals surface area contributed by atoms with Crippen LogP contribution in [0.15, 0.2) is 58.4 Å². The summed E-state index contributed by atoms with van der Waals surface area (Å²) >= 11 is 5.02. The Balaban J connectivity index is 1.46. The van der Waals surface area contributed by atoms with Crippen molar-refractivity contribution in [2.45, 2.75) is 10.9 Å². The van der Waals surface area contributed by atoms with Gasteiger partial charge in [0.1, 0.15) is 11.4 Å². The van der Waals surface area contributed by atoms with Crippen molar-refractivity contribution in [2.24, 2.45) is 0 Å². The predicted molar refractivity (Wildman–Crippen MR) is 101 cm³/mol. The number of H-pyrrole nitrogens is 1. The highest BCUT2D eigenvalue weighted by atomic mass is 79.9. The van der Waals surface area contributed by atoms with Crippen molar-refractivity contribution in [3.63, 3.8) is 0 Å². The number of aromatic nitrogens is 5. The molecule has 0 spiro atoms. The van der Waals surface area contributed by atoms with Crippen molar-refractivity contribution in [1.82, 2.24) is 24.6 Å². The fraction of sp³-hybridized carbons (Fsp3) is 0.118. The molecule has 1 N–H and O–H groups in total. The van der Waals surface area contributed by atoms with Crippen LogP contribution in [-0.4, -0.2) is 31.7 Å². The average Bonchev–Trinajstić information content (AvgIpc) is 3.26.